The molecule has 0 amide bonds. The number of pyridine rings is 1. The number of nitrogen functional groups attached to an aromatic ring is 1. The Labute approximate surface area is 138 Å². The summed E-state index contributed by atoms with van der Waals surface area (Å²) >= 11 is 13.6. The van der Waals surface area contributed by atoms with Crippen molar-refractivity contribution in [1.29, 1.82) is 0 Å². The molecule has 0 aliphatic rings. The molecule has 112 valence electrons. The van der Waals surface area contributed by atoms with Gasteiger partial charge in [-0.2, -0.15) is 0 Å². The molecule has 1 aromatic heterocycles. The average Bonchev–Trinajstić information content (AvgIpc) is 2.36. The first-order chi connectivity index (χ1) is 9.74. The summed E-state index contributed by atoms with van der Waals surface area (Å²) in [5.41, 5.74) is 6.04. The van der Waals surface area contributed by atoms with Gasteiger partial charge >= 0.3 is 0 Å². The summed E-state index contributed by atoms with van der Waals surface area (Å²) in [6.45, 7) is 5.84. The van der Waals surface area contributed by atoms with Crippen molar-refractivity contribution < 1.29 is 4.74 Å². The van der Waals surface area contributed by atoms with Crippen molar-refractivity contribution in [2.45, 2.75) is 36.3 Å². The summed E-state index contributed by atoms with van der Waals surface area (Å²) in [7, 11) is 0. The predicted molar refractivity (Wildman–Crippen MR) is 89.6 cm³/mol. The summed E-state index contributed by atoms with van der Waals surface area (Å²) in [4.78, 5) is 5.27. The second kappa shape index (κ2) is 6.34. The molecule has 0 saturated carbocycles. The number of nitrogens with two attached hydrogens (primary N) is 1. The fourth-order valence-corrected chi connectivity index (χ4v) is 2.84. The first kappa shape index (κ1) is 16.3. The lowest BCUT2D eigenvalue weighted by molar-refractivity contribution is 0.124. The molecule has 2 rings (SSSR count). The van der Waals surface area contributed by atoms with Gasteiger partial charge in [-0.3, -0.25) is 0 Å². The number of halogens is 2. The summed E-state index contributed by atoms with van der Waals surface area (Å²) in [6, 6.07) is 8.91. The van der Waals surface area contributed by atoms with E-state index in [0.29, 0.717) is 21.6 Å². The van der Waals surface area contributed by atoms with Gasteiger partial charge in [-0.1, -0.05) is 35.0 Å². The van der Waals surface area contributed by atoms with E-state index < -0.39 is 0 Å². The molecule has 0 unspecified atom stereocenters. The van der Waals surface area contributed by atoms with Crippen LogP contribution in [0.25, 0.3) is 0 Å². The van der Waals surface area contributed by atoms with Crippen LogP contribution in [0.15, 0.2) is 40.3 Å². The van der Waals surface area contributed by atoms with E-state index in [4.69, 9.17) is 33.7 Å². The normalized spacial score (nSPS) is 11.5. The zero-order chi connectivity index (χ0) is 15.6. The highest BCUT2D eigenvalue weighted by molar-refractivity contribution is 7.99. The SMILES string of the molecule is CC(C)(C)Oc1nc(Sc2cc(Cl)ccc2Cl)ccc1N. The monoisotopic (exact) mass is 342 g/mol. The Kier molecular flexibility index (Phi) is 4.91. The van der Waals surface area contributed by atoms with Gasteiger partial charge in [-0.15, -0.1) is 0 Å². The van der Waals surface area contributed by atoms with E-state index in [9.17, 15) is 0 Å². The molecule has 1 aromatic carbocycles. The molecule has 2 aromatic rings. The maximum atomic E-state index is 6.16. The van der Waals surface area contributed by atoms with E-state index in [1.807, 2.05) is 26.8 Å². The largest absolute Gasteiger partial charge is 0.470 e. The van der Waals surface area contributed by atoms with Crippen LogP contribution in [0, 0.1) is 0 Å². The van der Waals surface area contributed by atoms with Crippen molar-refractivity contribution in [1.82, 2.24) is 4.98 Å². The summed E-state index contributed by atoms with van der Waals surface area (Å²) in [6.07, 6.45) is 0. The van der Waals surface area contributed by atoms with Crippen LogP contribution in [0.2, 0.25) is 10.0 Å². The fraction of sp³-hybridized carbons (Fsp3) is 0.267. The summed E-state index contributed by atoms with van der Waals surface area (Å²) in [5, 5.41) is 2.00. The molecule has 6 heteroatoms. The molecule has 0 saturated heterocycles. The van der Waals surface area contributed by atoms with E-state index >= 15 is 0 Å². The number of nitrogens with zero attached hydrogens (tertiary/aromatic N) is 1. The van der Waals surface area contributed by atoms with Gasteiger partial charge in [-0.25, -0.2) is 4.98 Å². The third-order valence-electron chi connectivity index (χ3n) is 2.37. The quantitative estimate of drug-likeness (QED) is 0.822. The molecular weight excluding hydrogens is 327 g/mol. The molecule has 21 heavy (non-hydrogen) atoms. The highest BCUT2D eigenvalue weighted by Gasteiger charge is 2.16. The molecule has 0 atom stereocenters. The standard InChI is InChI=1S/C15H16Cl2N2OS/c1-15(2,3)20-14-11(18)6-7-13(19-14)21-12-8-9(16)4-5-10(12)17/h4-8H,18H2,1-3H3. The Bertz CT molecular complexity index is 657. The van der Waals surface area contributed by atoms with E-state index in [1.54, 1.807) is 24.3 Å². The molecule has 0 radical (unpaired) electrons. The number of ether oxygens (including phenoxy) is 1. The van der Waals surface area contributed by atoms with Crippen LogP contribution in [-0.2, 0) is 0 Å². The van der Waals surface area contributed by atoms with Crippen molar-refractivity contribution in [3.63, 3.8) is 0 Å². The average molecular weight is 343 g/mol. The van der Waals surface area contributed by atoms with Crippen molar-refractivity contribution in [2.24, 2.45) is 0 Å². The lowest BCUT2D eigenvalue weighted by Crippen LogP contribution is -2.24. The van der Waals surface area contributed by atoms with Crippen LogP contribution in [0.1, 0.15) is 20.8 Å². The molecule has 0 spiro atoms. The Morgan fingerprint density at radius 2 is 1.86 bits per heavy atom. The van der Waals surface area contributed by atoms with Crippen molar-refractivity contribution in [2.75, 3.05) is 5.73 Å². The number of hydrogen-bond donors (Lipinski definition) is 1. The van der Waals surface area contributed by atoms with Gasteiger partial charge in [0.15, 0.2) is 0 Å². The predicted octanol–water partition coefficient (Wildman–Crippen LogP) is 5.30. The number of rotatable bonds is 3. The molecule has 0 aliphatic heterocycles. The minimum absolute atomic E-state index is 0.363. The Balaban J connectivity index is 2.29. The fourth-order valence-electron chi connectivity index (χ4n) is 1.53. The summed E-state index contributed by atoms with van der Waals surface area (Å²) < 4.78 is 5.76. The maximum Gasteiger partial charge on any atom is 0.238 e. The van der Waals surface area contributed by atoms with Gasteiger partial charge in [0.05, 0.1) is 10.7 Å². The van der Waals surface area contributed by atoms with Crippen LogP contribution in [0.5, 0.6) is 5.88 Å². The minimum Gasteiger partial charge on any atom is -0.470 e. The van der Waals surface area contributed by atoms with E-state index in [2.05, 4.69) is 4.98 Å². The molecule has 2 N–H and O–H groups in total. The highest BCUT2D eigenvalue weighted by atomic mass is 35.5. The van der Waals surface area contributed by atoms with Gasteiger partial charge < -0.3 is 10.5 Å². The topological polar surface area (TPSA) is 48.1 Å². The van der Waals surface area contributed by atoms with E-state index in [-0.39, 0.29) is 5.60 Å². The second-order valence-corrected chi connectivity index (χ2v) is 7.34. The minimum atomic E-state index is -0.363. The van der Waals surface area contributed by atoms with Crippen molar-refractivity contribution >= 4 is 40.7 Å². The smallest absolute Gasteiger partial charge is 0.238 e. The number of hydrogen-bond acceptors (Lipinski definition) is 4. The van der Waals surface area contributed by atoms with Gasteiger partial charge in [0.25, 0.3) is 0 Å². The maximum absolute atomic E-state index is 6.16. The Hall–Kier alpha value is -1.10. The Morgan fingerprint density at radius 3 is 2.52 bits per heavy atom. The zero-order valence-corrected chi connectivity index (χ0v) is 14.3. The second-order valence-electron chi connectivity index (χ2n) is 5.44. The number of aromatic nitrogens is 1. The molecule has 1 heterocycles. The molecule has 0 bridgehead atoms. The Morgan fingerprint density at radius 1 is 1.14 bits per heavy atom. The lowest BCUT2D eigenvalue weighted by Gasteiger charge is -2.21. The van der Waals surface area contributed by atoms with Crippen molar-refractivity contribution in [3.05, 3.63) is 40.4 Å². The third kappa shape index (κ3) is 4.70. The van der Waals surface area contributed by atoms with Gasteiger partial charge in [-0.05, 0) is 51.1 Å². The number of benzene rings is 1. The summed E-state index contributed by atoms with van der Waals surface area (Å²) in [5.74, 6) is 0.422. The van der Waals surface area contributed by atoms with Gasteiger partial charge in [0, 0.05) is 9.92 Å². The zero-order valence-electron chi connectivity index (χ0n) is 12.0. The van der Waals surface area contributed by atoms with Crippen LogP contribution >= 0.6 is 35.0 Å². The van der Waals surface area contributed by atoms with E-state index in [0.717, 1.165) is 9.92 Å². The van der Waals surface area contributed by atoms with E-state index in [1.165, 1.54) is 11.8 Å². The molecule has 0 aliphatic carbocycles. The number of anilines is 1. The van der Waals surface area contributed by atoms with Crippen molar-refractivity contribution in [3.8, 4) is 5.88 Å². The molecule has 3 nitrogen and oxygen atoms in total. The first-order valence-corrected chi connectivity index (χ1v) is 7.90. The third-order valence-corrected chi connectivity index (χ3v) is 4.05. The van der Waals surface area contributed by atoms with Crippen LogP contribution in [0.4, 0.5) is 5.69 Å². The van der Waals surface area contributed by atoms with Gasteiger partial charge in [0.1, 0.15) is 10.6 Å². The highest BCUT2D eigenvalue weighted by Crippen LogP contribution is 2.36. The van der Waals surface area contributed by atoms with Crippen LogP contribution in [-0.4, -0.2) is 10.6 Å². The molecule has 0 fully saturated rings. The van der Waals surface area contributed by atoms with Crippen LogP contribution < -0.4 is 10.5 Å². The molecular formula is C15H16Cl2N2OS. The van der Waals surface area contributed by atoms with Crippen LogP contribution in [0.3, 0.4) is 0 Å². The lowest BCUT2D eigenvalue weighted by atomic mass is 10.2. The first-order valence-electron chi connectivity index (χ1n) is 6.33. The van der Waals surface area contributed by atoms with Gasteiger partial charge in [0.2, 0.25) is 5.88 Å².